The van der Waals surface area contributed by atoms with Gasteiger partial charge in [0, 0.05) is 4.88 Å². The molecule has 1 N–H and O–H groups in total. The molecule has 2 nitrogen and oxygen atoms in total. The molecule has 0 spiro atoms. The average molecular weight is 258 g/mol. The van der Waals surface area contributed by atoms with E-state index in [0.717, 1.165) is 11.6 Å². The molecule has 0 amide bonds. The molecule has 1 aromatic heterocycles. The summed E-state index contributed by atoms with van der Waals surface area (Å²) in [5, 5.41) is 4.60. The first-order valence-corrected chi connectivity index (χ1v) is 7.44. The van der Waals surface area contributed by atoms with Crippen LogP contribution in [0.5, 0.6) is 0 Å². The Balaban J connectivity index is 1.74. The summed E-state index contributed by atoms with van der Waals surface area (Å²) in [5.74, 6) is 0. The van der Waals surface area contributed by atoms with Crippen LogP contribution >= 0.6 is 11.3 Å². The molecule has 1 heterocycles. The second kappa shape index (κ2) is 5.11. The van der Waals surface area contributed by atoms with Crippen LogP contribution in [0.4, 0.5) is 5.13 Å². The summed E-state index contributed by atoms with van der Waals surface area (Å²) in [6.07, 6.45) is 4.99. The first-order chi connectivity index (χ1) is 8.83. The summed E-state index contributed by atoms with van der Waals surface area (Å²) in [6.45, 7) is 2.19. The molecule has 2 aromatic rings. The van der Waals surface area contributed by atoms with Gasteiger partial charge in [0.15, 0.2) is 5.13 Å². The van der Waals surface area contributed by atoms with Crippen LogP contribution < -0.4 is 5.32 Å². The molecule has 0 saturated heterocycles. The zero-order valence-corrected chi connectivity index (χ0v) is 11.5. The molecule has 0 radical (unpaired) electrons. The van der Waals surface area contributed by atoms with E-state index in [1.165, 1.54) is 35.4 Å². The third kappa shape index (κ3) is 2.41. The minimum absolute atomic E-state index is 0.318. The molecule has 1 aliphatic rings. The van der Waals surface area contributed by atoms with Crippen molar-refractivity contribution in [1.29, 1.82) is 0 Å². The van der Waals surface area contributed by atoms with Crippen LogP contribution in [0.25, 0.3) is 0 Å². The maximum atomic E-state index is 4.72. The highest BCUT2D eigenvalue weighted by Crippen LogP contribution is 2.31. The van der Waals surface area contributed by atoms with Gasteiger partial charge < -0.3 is 5.32 Å². The quantitative estimate of drug-likeness (QED) is 0.892. The number of nitrogens with zero attached hydrogens (tertiary/aromatic N) is 1. The van der Waals surface area contributed by atoms with Crippen molar-refractivity contribution in [2.24, 2.45) is 0 Å². The van der Waals surface area contributed by atoms with Crippen LogP contribution in [0.15, 0.2) is 30.3 Å². The highest BCUT2D eigenvalue weighted by molar-refractivity contribution is 7.15. The van der Waals surface area contributed by atoms with Gasteiger partial charge in [-0.1, -0.05) is 30.3 Å². The summed E-state index contributed by atoms with van der Waals surface area (Å²) in [7, 11) is 0. The minimum atomic E-state index is 0.318. The third-order valence-corrected chi connectivity index (χ3v) is 4.57. The van der Waals surface area contributed by atoms with Gasteiger partial charge in [0.05, 0.1) is 11.7 Å². The molecule has 0 fully saturated rings. The number of hydrogen-bond acceptors (Lipinski definition) is 3. The summed E-state index contributed by atoms with van der Waals surface area (Å²) >= 11 is 1.84. The van der Waals surface area contributed by atoms with Gasteiger partial charge in [0.1, 0.15) is 0 Å². The Labute approximate surface area is 112 Å². The van der Waals surface area contributed by atoms with Gasteiger partial charge in [-0.15, -0.1) is 11.3 Å². The normalized spacial score (nSPS) is 16.1. The van der Waals surface area contributed by atoms with Gasteiger partial charge >= 0.3 is 0 Å². The van der Waals surface area contributed by atoms with E-state index in [1.807, 2.05) is 11.3 Å². The molecule has 1 atom stereocenters. The van der Waals surface area contributed by atoms with Crippen molar-refractivity contribution < 1.29 is 0 Å². The molecule has 1 aliphatic carbocycles. The number of hydrogen-bond donors (Lipinski definition) is 1. The fraction of sp³-hybridized carbons (Fsp3) is 0.400. The molecule has 94 valence electrons. The number of nitrogens with one attached hydrogen (secondary N) is 1. The van der Waals surface area contributed by atoms with E-state index in [1.54, 1.807) is 0 Å². The number of aromatic nitrogens is 1. The van der Waals surface area contributed by atoms with E-state index in [4.69, 9.17) is 4.98 Å². The third-order valence-electron chi connectivity index (χ3n) is 3.49. The molecule has 18 heavy (non-hydrogen) atoms. The Morgan fingerprint density at radius 3 is 2.72 bits per heavy atom. The van der Waals surface area contributed by atoms with Crippen LogP contribution in [-0.2, 0) is 12.8 Å². The molecular formula is C15H18N2S. The molecule has 3 rings (SSSR count). The predicted octanol–water partition coefficient (Wildman–Crippen LogP) is 4.20. The van der Waals surface area contributed by atoms with Crippen molar-refractivity contribution in [3.8, 4) is 0 Å². The zero-order valence-electron chi connectivity index (χ0n) is 10.6. The molecule has 0 saturated carbocycles. The van der Waals surface area contributed by atoms with E-state index in [9.17, 15) is 0 Å². The maximum Gasteiger partial charge on any atom is 0.183 e. The van der Waals surface area contributed by atoms with Crippen LogP contribution in [0.2, 0.25) is 0 Å². The van der Waals surface area contributed by atoms with E-state index >= 15 is 0 Å². The Hall–Kier alpha value is -1.35. The lowest BCUT2D eigenvalue weighted by Crippen LogP contribution is -2.06. The van der Waals surface area contributed by atoms with E-state index in [2.05, 4.69) is 42.6 Å². The predicted molar refractivity (Wildman–Crippen MR) is 77.2 cm³/mol. The van der Waals surface area contributed by atoms with Crippen molar-refractivity contribution in [1.82, 2.24) is 4.98 Å². The van der Waals surface area contributed by atoms with Crippen molar-refractivity contribution in [2.75, 3.05) is 5.32 Å². The Kier molecular flexibility index (Phi) is 3.33. The fourth-order valence-corrected chi connectivity index (χ4v) is 3.56. The Morgan fingerprint density at radius 2 is 1.94 bits per heavy atom. The number of rotatable bonds is 3. The first-order valence-electron chi connectivity index (χ1n) is 6.63. The van der Waals surface area contributed by atoms with Crippen molar-refractivity contribution >= 4 is 16.5 Å². The van der Waals surface area contributed by atoms with Crippen LogP contribution in [0.3, 0.4) is 0 Å². The molecule has 0 bridgehead atoms. The second-order valence-corrected chi connectivity index (χ2v) is 5.96. The van der Waals surface area contributed by atoms with E-state index in [-0.39, 0.29) is 0 Å². The fourth-order valence-electron chi connectivity index (χ4n) is 2.42. The largest absolute Gasteiger partial charge is 0.355 e. The lowest BCUT2D eigenvalue weighted by atomic mass is 10.0. The van der Waals surface area contributed by atoms with Crippen molar-refractivity contribution in [3.63, 3.8) is 0 Å². The topological polar surface area (TPSA) is 24.9 Å². The Bertz CT molecular complexity index is 495. The van der Waals surface area contributed by atoms with Crippen molar-refractivity contribution in [2.45, 2.75) is 38.6 Å². The molecule has 0 aliphatic heterocycles. The number of aryl methyl sites for hydroxylation is 2. The SMILES string of the molecule is C[C@H](Nc1nc2c(s1)CCCC2)c1ccccc1. The molecule has 1 aromatic carbocycles. The van der Waals surface area contributed by atoms with Gasteiger partial charge in [-0.2, -0.15) is 0 Å². The molecular weight excluding hydrogens is 240 g/mol. The first kappa shape index (κ1) is 11.7. The average Bonchev–Trinajstić information content (AvgIpc) is 2.82. The smallest absolute Gasteiger partial charge is 0.183 e. The minimum Gasteiger partial charge on any atom is -0.355 e. The summed E-state index contributed by atoms with van der Waals surface area (Å²) < 4.78 is 0. The number of thiazole rings is 1. The summed E-state index contributed by atoms with van der Waals surface area (Å²) in [6, 6.07) is 10.9. The second-order valence-electron chi connectivity index (χ2n) is 4.87. The van der Waals surface area contributed by atoms with E-state index in [0.29, 0.717) is 6.04 Å². The van der Waals surface area contributed by atoms with Crippen molar-refractivity contribution in [3.05, 3.63) is 46.5 Å². The van der Waals surface area contributed by atoms with Gasteiger partial charge in [-0.25, -0.2) is 4.98 Å². The number of benzene rings is 1. The monoisotopic (exact) mass is 258 g/mol. The maximum absolute atomic E-state index is 4.72. The molecule has 3 heteroatoms. The van der Waals surface area contributed by atoms with Gasteiger partial charge in [0.2, 0.25) is 0 Å². The lowest BCUT2D eigenvalue weighted by Gasteiger charge is -2.12. The highest BCUT2D eigenvalue weighted by atomic mass is 32.1. The van der Waals surface area contributed by atoms with Gasteiger partial charge in [-0.3, -0.25) is 0 Å². The van der Waals surface area contributed by atoms with Gasteiger partial charge in [0.25, 0.3) is 0 Å². The van der Waals surface area contributed by atoms with Gasteiger partial charge in [-0.05, 0) is 38.2 Å². The van der Waals surface area contributed by atoms with Crippen LogP contribution in [0, 0.1) is 0 Å². The zero-order chi connectivity index (χ0) is 12.4. The number of fused-ring (bicyclic) bond motifs is 1. The highest BCUT2D eigenvalue weighted by Gasteiger charge is 2.16. The van der Waals surface area contributed by atoms with Crippen LogP contribution in [-0.4, -0.2) is 4.98 Å². The molecule has 0 unspecified atom stereocenters. The summed E-state index contributed by atoms with van der Waals surface area (Å²) in [4.78, 5) is 6.21. The number of anilines is 1. The standard InChI is InChI=1S/C15H18N2S/c1-11(12-7-3-2-4-8-12)16-15-17-13-9-5-6-10-14(13)18-15/h2-4,7-8,11H,5-6,9-10H2,1H3,(H,16,17)/t11-/m0/s1. The Morgan fingerprint density at radius 1 is 1.17 bits per heavy atom. The lowest BCUT2D eigenvalue weighted by molar-refractivity contribution is 0.682. The van der Waals surface area contributed by atoms with E-state index < -0.39 is 0 Å². The summed E-state index contributed by atoms with van der Waals surface area (Å²) in [5.41, 5.74) is 2.64. The van der Waals surface area contributed by atoms with Crippen LogP contribution in [0.1, 0.15) is 41.9 Å².